The molecule has 0 spiro atoms. The fourth-order valence-corrected chi connectivity index (χ4v) is 6.81. The van der Waals surface area contributed by atoms with Crippen LogP contribution in [0.25, 0.3) is 31.9 Å². The summed E-state index contributed by atoms with van der Waals surface area (Å²) in [5.74, 6) is 0.0438. The number of nitrogens with one attached hydrogen (secondary N) is 3. The van der Waals surface area contributed by atoms with Gasteiger partial charge in [0.05, 0.1) is 10.2 Å². The highest BCUT2D eigenvalue weighted by molar-refractivity contribution is 7.23. The molecule has 0 aliphatic carbocycles. The van der Waals surface area contributed by atoms with E-state index in [2.05, 4.69) is 59.9 Å². The fourth-order valence-electron chi connectivity index (χ4n) is 4.43. The first-order valence-corrected chi connectivity index (χ1v) is 13.9. The van der Waals surface area contributed by atoms with Crippen LogP contribution in [0.3, 0.4) is 0 Å². The van der Waals surface area contributed by atoms with E-state index in [-0.39, 0.29) is 11.9 Å². The number of anilines is 1. The summed E-state index contributed by atoms with van der Waals surface area (Å²) in [6, 6.07) is 11.2. The van der Waals surface area contributed by atoms with Crippen LogP contribution in [-0.2, 0) is 11.2 Å². The molecule has 5 rings (SSSR count). The van der Waals surface area contributed by atoms with Gasteiger partial charge in [0.25, 0.3) is 0 Å². The number of hydrogen-bond donors (Lipinski definition) is 3. The summed E-state index contributed by atoms with van der Waals surface area (Å²) in [6.07, 6.45) is 6.07. The van der Waals surface area contributed by atoms with Gasteiger partial charge < -0.3 is 16.0 Å². The topological polar surface area (TPSA) is 78.9 Å². The zero-order valence-corrected chi connectivity index (χ0v) is 22.0. The first kappa shape index (κ1) is 24.1. The minimum absolute atomic E-state index is 0.0438. The van der Waals surface area contributed by atoms with E-state index in [4.69, 9.17) is 4.98 Å². The molecule has 0 fully saturated rings. The van der Waals surface area contributed by atoms with E-state index in [1.807, 2.05) is 24.5 Å². The third-order valence-electron chi connectivity index (χ3n) is 6.58. The van der Waals surface area contributed by atoms with E-state index in [0.717, 1.165) is 56.3 Å². The molecule has 0 saturated carbocycles. The van der Waals surface area contributed by atoms with Crippen LogP contribution >= 0.6 is 22.7 Å². The van der Waals surface area contributed by atoms with Crippen LogP contribution < -0.4 is 16.0 Å². The molecule has 1 aliphatic rings. The van der Waals surface area contributed by atoms with Gasteiger partial charge in [0.2, 0.25) is 5.91 Å². The van der Waals surface area contributed by atoms with Crippen molar-refractivity contribution in [3.8, 4) is 21.7 Å². The number of thiazole rings is 1. The molecule has 0 bridgehead atoms. The standard InChI is InChI=1S/C27H31N5OS2/c1-4-16(2)29-14-10-23(33)32-27-24(20-9-13-30-17(3)25(20)35-27)26-31-21-15-19(5-6-22(21)34-26)18-7-11-28-12-8-18/h5-8,11-12,15-17,29-30H,4,9-10,13-14H2,1-3H3,(H,32,33)/t16-,17+/m0/s1. The number of rotatable bonds is 8. The highest BCUT2D eigenvalue weighted by Crippen LogP contribution is 2.47. The molecule has 3 aromatic heterocycles. The van der Waals surface area contributed by atoms with Crippen molar-refractivity contribution in [2.45, 2.75) is 52.1 Å². The van der Waals surface area contributed by atoms with Crippen LogP contribution in [0.1, 0.15) is 50.1 Å². The van der Waals surface area contributed by atoms with Crippen molar-refractivity contribution in [2.24, 2.45) is 0 Å². The SMILES string of the molecule is CC[C@H](C)NCCC(=O)Nc1sc2c(c1-c1nc3cc(-c4ccncc4)ccc3s1)CCN[C@@H]2C. The van der Waals surface area contributed by atoms with Crippen LogP contribution in [-0.4, -0.2) is 35.0 Å². The zero-order valence-electron chi connectivity index (χ0n) is 20.4. The summed E-state index contributed by atoms with van der Waals surface area (Å²) in [7, 11) is 0. The molecule has 182 valence electrons. The van der Waals surface area contributed by atoms with Gasteiger partial charge in [-0.15, -0.1) is 22.7 Å². The van der Waals surface area contributed by atoms with E-state index in [9.17, 15) is 4.79 Å². The number of fused-ring (bicyclic) bond motifs is 2. The van der Waals surface area contributed by atoms with Crippen molar-refractivity contribution in [1.29, 1.82) is 0 Å². The predicted molar refractivity (Wildman–Crippen MR) is 147 cm³/mol. The van der Waals surface area contributed by atoms with Gasteiger partial charge in [-0.25, -0.2) is 4.98 Å². The first-order valence-electron chi connectivity index (χ1n) is 12.3. The summed E-state index contributed by atoms with van der Waals surface area (Å²) in [5, 5.41) is 12.1. The number of nitrogens with zero attached hydrogens (tertiary/aromatic N) is 2. The molecule has 0 radical (unpaired) electrons. The Labute approximate surface area is 214 Å². The molecular formula is C27H31N5OS2. The number of aromatic nitrogens is 2. The first-order chi connectivity index (χ1) is 17.0. The van der Waals surface area contributed by atoms with Crippen molar-refractivity contribution in [3.63, 3.8) is 0 Å². The van der Waals surface area contributed by atoms with Crippen molar-refractivity contribution < 1.29 is 4.79 Å². The lowest BCUT2D eigenvalue weighted by atomic mass is 10.0. The van der Waals surface area contributed by atoms with Crippen LogP contribution in [0, 0.1) is 0 Å². The largest absolute Gasteiger partial charge is 0.317 e. The lowest BCUT2D eigenvalue weighted by Crippen LogP contribution is -2.28. The lowest BCUT2D eigenvalue weighted by Gasteiger charge is -2.20. The highest BCUT2D eigenvalue weighted by atomic mass is 32.1. The monoisotopic (exact) mass is 505 g/mol. The summed E-state index contributed by atoms with van der Waals surface area (Å²) in [4.78, 5) is 23.3. The van der Waals surface area contributed by atoms with Gasteiger partial charge in [0.15, 0.2) is 0 Å². The number of pyridine rings is 1. The van der Waals surface area contributed by atoms with E-state index in [1.165, 1.54) is 10.4 Å². The Morgan fingerprint density at radius 2 is 2.03 bits per heavy atom. The van der Waals surface area contributed by atoms with Gasteiger partial charge in [0.1, 0.15) is 10.0 Å². The summed E-state index contributed by atoms with van der Waals surface area (Å²) in [6.45, 7) is 8.09. The molecule has 4 heterocycles. The number of amides is 1. The van der Waals surface area contributed by atoms with E-state index in [0.29, 0.717) is 19.0 Å². The average Bonchev–Trinajstić information content (AvgIpc) is 3.45. The minimum atomic E-state index is 0.0438. The van der Waals surface area contributed by atoms with Gasteiger partial charge in [0, 0.05) is 47.9 Å². The van der Waals surface area contributed by atoms with E-state index < -0.39 is 0 Å². The van der Waals surface area contributed by atoms with Crippen molar-refractivity contribution in [1.82, 2.24) is 20.6 Å². The molecule has 1 amide bonds. The molecule has 1 aromatic carbocycles. The van der Waals surface area contributed by atoms with Crippen LogP contribution in [0.2, 0.25) is 0 Å². The van der Waals surface area contributed by atoms with Gasteiger partial charge in [-0.3, -0.25) is 9.78 Å². The summed E-state index contributed by atoms with van der Waals surface area (Å²) >= 11 is 3.39. The Morgan fingerprint density at radius 1 is 1.20 bits per heavy atom. The Hall–Kier alpha value is -2.65. The normalized spacial score (nSPS) is 16.3. The predicted octanol–water partition coefficient (Wildman–Crippen LogP) is 6.01. The molecule has 0 saturated heterocycles. The molecule has 3 N–H and O–H groups in total. The maximum Gasteiger partial charge on any atom is 0.226 e. The maximum absolute atomic E-state index is 12.9. The van der Waals surface area contributed by atoms with Crippen LogP contribution in [0.15, 0.2) is 42.7 Å². The molecule has 0 unspecified atom stereocenters. The fraction of sp³-hybridized carbons (Fsp3) is 0.370. The maximum atomic E-state index is 12.9. The summed E-state index contributed by atoms with van der Waals surface area (Å²) in [5.41, 5.74) is 5.67. The Kier molecular flexibility index (Phi) is 7.24. The molecule has 8 heteroatoms. The third-order valence-corrected chi connectivity index (χ3v) is 8.97. The van der Waals surface area contributed by atoms with Crippen LogP contribution in [0.4, 0.5) is 5.00 Å². The van der Waals surface area contributed by atoms with Crippen molar-refractivity contribution >= 4 is 43.8 Å². The smallest absolute Gasteiger partial charge is 0.226 e. The zero-order chi connectivity index (χ0) is 24.4. The van der Waals surface area contributed by atoms with Crippen molar-refractivity contribution in [3.05, 3.63) is 53.2 Å². The molecule has 35 heavy (non-hydrogen) atoms. The van der Waals surface area contributed by atoms with E-state index in [1.54, 1.807) is 22.7 Å². The number of carbonyl (C=O) groups excluding carboxylic acids is 1. The Morgan fingerprint density at radius 3 is 2.83 bits per heavy atom. The average molecular weight is 506 g/mol. The molecule has 6 nitrogen and oxygen atoms in total. The number of benzene rings is 1. The summed E-state index contributed by atoms with van der Waals surface area (Å²) < 4.78 is 1.15. The second-order valence-electron chi connectivity index (χ2n) is 9.07. The second-order valence-corrected chi connectivity index (χ2v) is 11.2. The van der Waals surface area contributed by atoms with Gasteiger partial charge >= 0.3 is 0 Å². The number of hydrogen-bond acceptors (Lipinski definition) is 7. The van der Waals surface area contributed by atoms with Gasteiger partial charge in [-0.05, 0) is 74.2 Å². The Bertz CT molecular complexity index is 1330. The second kappa shape index (κ2) is 10.5. The molecular weight excluding hydrogens is 474 g/mol. The molecule has 1 aliphatic heterocycles. The third kappa shape index (κ3) is 5.16. The number of carbonyl (C=O) groups is 1. The Balaban J connectivity index is 1.48. The van der Waals surface area contributed by atoms with Gasteiger partial charge in [-0.2, -0.15) is 0 Å². The number of thiophene rings is 1. The van der Waals surface area contributed by atoms with E-state index >= 15 is 0 Å². The minimum Gasteiger partial charge on any atom is -0.317 e. The lowest BCUT2D eigenvalue weighted by molar-refractivity contribution is -0.116. The molecule has 2 atom stereocenters. The van der Waals surface area contributed by atoms with Crippen molar-refractivity contribution in [2.75, 3.05) is 18.4 Å². The quantitative estimate of drug-likeness (QED) is 0.273. The highest BCUT2D eigenvalue weighted by Gasteiger charge is 2.28. The van der Waals surface area contributed by atoms with Gasteiger partial charge in [-0.1, -0.05) is 13.0 Å². The van der Waals surface area contributed by atoms with Crippen LogP contribution in [0.5, 0.6) is 0 Å². The molecule has 4 aromatic rings.